The number of carbonyl (C=O) groups is 1. The maximum absolute atomic E-state index is 13.2. The molecule has 0 spiro atoms. The van der Waals surface area contributed by atoms with Crippen molar-refractivity contribution in [1.82, 2.24) is 0 Å². The average Bonchev–Trinajstić information content (AvgIpc) is 2.80. The first kappa shape index (κ1) is 16.0. The van der Waals surface area contributed by atoms with Crippen LogP contribution in [0.25, 0.3) is 0 Å². The van der Waals surface area contributed by atoms with Gasteiger partial charge in [0.2, 0.25) is 5.91 Å². The van der Waals surface area contributed by atoms with Gasteiger partial charge < -0.3 is 10.5 Å². The number of oxime groups is 1. The fraction of sp³-hybridized carbons (Fsp3) is 0.579. The molecule has 2 bridgehead atoms. The van der Waals surface area contributed by atoms with Crippen LogP contribution in [-0.2, 0) is 4.79 Å². The molecule has 0 radical (unpaired) electrons. The lowest BCUT2D eigenvalue weighted by molar-refractivity contribution is -0.130. The van der Waals surface area contributed by atoms with Gasteiger partial charge in [0.15, 0.2) is 0 Å². The zero-order valence-electron chi connectivity index (χ0n) is 14.7. The molecule has 23 heavy (non-hydrogen) atoms. The fourth-order valence-electron chi connectivity index (χ4n) is 4.61. The Hall–Kier alpha value is -1.84. The molecule has 1 aromatic carbocycles. The van der Waals surface area contributed by atoms with E-state index in [2.05, 4.69) is 38.2 Å². The highest BCUT2D eigenvalue weighted by Gasteiger charge is 2.71. The molecular formula is C19H26N2O2. The Morgan fingerprint density at radius 1 is 1.17 bits per heavy atom. The van der Waals surface area contributed by atoms with E-state index in [4.69, 9.17) is 0 Å². The number of fused-ring (bicyclic) bond motifs is 2. The number of carbonyl (C=O) groups excluding carboxylic acids is 1. The molecule has 124 valence electrons. The third-order valence-corrected chi connectivity index (χ3v) is 7.05. The molecule has 2 saturated carbocycles. The normalized spacial score (nSPS) is 33.2. The van der Waals surface area contributed by atoms with Crippen molar-refractivity contribution in [1.29, 1.82) is 0 Å². The number of hydrogen-bond acceptors (Lipinski definition) is 3. The molecule has 1 amide bonds. The second-order valence-corrected chi connectivity index (χ2v) is 8.02. The Kier molecular flexibility index (Phi) is 3.36. The van der Waals surface area contributed by atoms with Crippen LogP contribution in [-0.4, -0.2) is 16.8 Å². The molecule has 2 aliphatic rings. The van der Waals surface area contributed by atoms with Crippen LogP contribution in [0.1, 0.15) is 51.2 Å². The summed E-state index contributed by atoms with van der Waals surface area (Å²) in [5.41, 5.74) is 3.05. The number of hydrogen-bond donors (Lipinski definition) is 2. The molecule has 4 heteroatoms. The van der Waals surface area contributed by atoms with Crippen LogP contribution in [0.15, 0.2) is 23.4 Å². The largest absolute Gasteiger partial charge is 0.411 e. The van der Waals surface area contributed by atoms with E-state index in [1.165, 1.54) is 11.1 Å². The summed E-state index contributed by atoms with van der Waals surface area (Å²) < 4.78 is 0. The zero-order chi connectivity index (χ0) is 17.0. The molecule has 4 nitrogen and oxygen atoms in total. The summed E-state index contributed by atoms with van der Waals surface area (Å²) in [7, 11) is 0. The maximum Gasteiger partial charge on any atom is 0.231 e. The molecule has 2 aliphatic carbocycles. The van der Waals surface area contributed by atoms with Gasteiger partial charge in [0.05, 0.1) is 11.1 Å². The smallest absolute Gasteiger partial charge is 0.231 e. The van der Waals surface area contributed by atoms with Crippen LogP contribution in [0.4, 0.5) is 5.69 Å². The molecular weight excluding hydrogens is 288 g/mol. The molecule has 0 heterocycles. The second kappa shape index (κ2) is 4.83. The number of nitrogens with zero attached hydrogens (tertiary/aromatic N) is 1. The van der Waals surface area contributed by atoms with Gasteiger partial charge in [-0.1, -0.05) is 32.0 Å². The van der Waals surface area contributed by atoms with Gasteiger partial charge in [-0.05, 0) is 55.4 Å². The summed E-state index contributed by atoms with van der Waals surface area (Å²) in [5.74, 6) is 0.0492. The minimum absolute atomic E-state index is 0.0492. The molecule has 0 aromatic heterocycles. The lowest BCUT2D eigenvalue weighted by Gasteiger charge is -2.39. The molecule has 3 rings (SSSR count). The average molecular weight is 314 g/mol. The lowest BCUT2D eigenvalue weighted by atomic mass is 9.64. The Morgan fingerprint density at radius 3 is 2.43 bits per heavy atom. The molecule has 2 N–H and O–H groups in total. The highest BCUT2D eigenvalue weighted by Crippen LogP contribution is 2.71. The monoisotopic (exact) mass is 314 g/mol. The van der Waals surface area contributed by atoms with E-state index in [0.29, 0.717) is 6.42 Å². The first-order valence-corrected chi connectivity index (χ1v) is 8.28. The number of aryl methyl sites for hydroxylation is 2. The van der Waals surface area contributed by atoms with Gasteiger partial charge in [-0.25, -0.2) is 0 Å². The van der Waals surface area contributed by atoms with Gasteiger partial charge in [0.1, 0.15) is 0 Å². The van der Waals surface area contributed by atoms with Crippen molar-refractivity contribution in [3.8, 4) is 0 Å². The summed E-state index contributed by atoms with van der Waals surface area (Å²) in [5, 5.41) is 16.0. The van der Waals surface area contributed by atoms with Crippen molar-refractivity contribution in [2.24, 2.45) is 21.4 Å². The van der Waals surface area contributed by atoms with Crippen molar-refractivity contribution < 1.29 is 10.0 Å². The van der Waals surface area contributed by atoms with Crippen molar-refractivity contribution in [2.75, 3.05) is 5.32 Å². The predicted molar refractivity (Wildman–Crippen MR) is 91.9 cm³/mol. The second-order valence-electron chi connectivity index (χ2n) is 8.02. The van der Waals surface area contributed by atoms with E-state index < -0.39 is 5.41 Å². The van der Waals surface area contributed by atoms with Crippen molar-refractivity contribution in [2.45, 2.75) is 53.9 Å². The van der Waals surface area contributed by atoms with Gasteiger partial charge in [-0.15, -0.1) is 0 Å². The van der Waals surface area contributed by atoms with E-state index in [9.17, 15) is 10.0 Å². The highest BCUT2D eigenvalue weighted by molar-refractivity contribution is 6.06. The molecule has 0 saturated heterocycles. The number of rotatable bonds is 2. The summed E-state index contributed by atoms with van der Waals surface area (Å²) in [4.78, 5) is 13.2. The van der Waals surface area contributed by atoms with E-state index >= 15 is 0 Å². The van der Waals surface area contributed by atoms with Crippen LogP contribution in [0.5, 0.6) is 0 Å². The maximum atomic E-state index is 13.2. The van der Waals surface area contributed by atoms with Gasteiger partial charge in [0.25, 0.3) is 0 Å². The first-order valence-electron chi connectivity index (χ1n) is 8.28. The number of amides is 1. The third kappa shape index (κ3) is 1.90. The van der Waals surface area contributed by atoms with Crippen LogP contribution < -0.4 is 5.32 Å². The van der Waals surface area contributed by atoms with Gasteiger partial charge in [-0.3, -0.25) is 4.79 Å². The Labute approximate surface area is 138 Å². The molecule has 1 aromatic rings. The van der Waals surface area contributed by atoms with E-state index in [0.717, 1.165) is 24.2 Å². The third-order valence-electron chi connectivity index (χ3n) is 7.05. The summed E-state index contributed by atoms with van der Waals surface area (Å²) >= 11 is 0. The predicted octanol–water partition coefficient (Wildman–Crippen LogP) is 4.29. The Bertz CT molecular complexity index is 707. The number of anilines is 1. The van der Waals surface area contributed by atoms with Gasteiger partial charge >= 0.3 is 0 Å². The quantitative estimate of drug-likeness (QED) is 0.632. The van der Waals surface area contributed by atoms with Crippen LogP contribution in [0, 0.1) is 30.1 Å². The van der Waals surface area contributed by atoms with Crippen molar-refractivity contribution in [3.05, 3.63) is 29.3 Å². The Morgan fingerprint density at radius 2 is 1.87 bits per heavy atom. The fourth-order valence-corrected chi connectivity index (χ4v) is 4.61. The SMILES string of the molecule is Cc1ccc(NC(=O)C23CCC(C)(/C(=N/O)C2)C3(C)C)cc1C. The molecule has 0 aliphatic heterocycles. The molecule has 2 unspecified atom stereocenters. The lowest BCUT2D eigenvalue weighted by Crippen LogP contribution is -2.43. The van der Waals surface area contributed by atoms with Crippen LogP contribution >= 0.6 is 0 Å². The standard InChI is InChI=1S/C19H26N2O2/c1-12-6-7-14(10-13(12)2)20-16(22)19-9-8-18(5,17(19,3)4)15(11-19)21-23/h6-7,10,23H,8-9,11H2,1-5H3,(H,20,22)/b21-15+. The first-order chi connectivity index (χ1) is 10.7. The summed E-state index contributed by atoms with van der Waals surface area (Å²) in [6.07, 6.45) is 2.27. The number of nitrogens with one attached hydrogen (secondary N) is 1. The van der Waals surface area contributed by atoms with Crippen molar-refractivity contribution in [3.63, 3.8) is 0 Å². The highest BCUT2D eigenvalue weighted by atomic mass is 16.4. The minimum Gasteiger partial charge on any atom is -0.411 e. The molecule has 2 atom stereocenters. The van der Waals surface area contributed by atoms with Crippen LogP contribution in [0.2, 0.25) is 0 Å². The minimum atomic E-state index is -0.498. The van der Waals surface area contributed by atoms with E-state index in [1.54, 1.807) is 0 Å². The van der Waals surface area contributed by atoms with E-state index in [1.807, 2.05) is 25.1 Å². The zero-order valence-corrected chi connectivity index (χ0v) is 14.7. The summed E-state index contributed by atoms with van der Waals surface area (Å²) in [6, 6.07) is 6.00. The number of benzene rings is 1. The van der Waals surface area contributed by atoms with Crippen LogP contribution in [0.3, 0.4) is 0 Å². The van der Waals surface area contributed by atoms with Crippen molar-refractivity contribution >= 4 is 17.3 Å². The Balaban J connectivity index is 1.94. The summed E-state index contributed by atoms with van der Waals surface area (Å²) in [6.45, 7) is 10.5. The van der Waals surface area contributed by atoms with Gasteiger partial charge in [-0.2, -0.15) is 0 Å². The van der Waals surface area contributed by atoms with Gasteiger partial charge in [0, 0.05) is 17.5 Å². The molecule has 2 fully saturated rings. The topological polar surface area (TPSA) is 61.7 Å². The van der Waals surface area contributed by atoms with E-state index in [-0.39, 0.29) is 16.7 Å².